The molecular formula is C14H16N2O3. The second-order valence-electron chi connectivity index (χ2n) is 5.02. The first-order valence-corrected chi connectivity index (χ1v) is 6.51. The smallest absolute Gasteiger partial charge is 0.408 e. The maximum absolute atomic E-state index is 12.4. The Balaban J connectivity index is 1.98. The van der Waals surface area contributed by atoms with E-state index >= 15 is 0 Å². The van der Waals surface area contributed by atoms with Crippen LogP contribution in [0.25, 0.3) is 11.1 Å². The fraction of sp³-hybridized carbons (Fsp3) is 0.429. The van der Waals surface area contributed by atoms with Gasteiger partial charge in [-0.2, -0.15) is 0 Å². The molecule has 2 heterocycles. The number of nitrogens with one attached hydrogen (secondary N) is 1. The molecule has 1 saturated heterocycles. The van der Waals surface area contributed by atoms with Crippen molar-refractivity contribution < 1.29 is 9.21 Å². The molecular weight excluding hydrogens is 244 g/mol. The van der Waals surface area contributed by atoms with Gasteiger partial charge in [0.1, 0.15) is 0 Å². The highest BCUT2D eigenvalue weighted by Crippen LogP contribution is 2.20. The maximum atomic E-state index is 12.4. The molecule has 0 radical (unpaired) electrons. The van der Waals surface area contributed by atoms with Crippen LogP contribution < -0.4 is 11.1 Å². The van der Waals surface area contributed by atoms with Gasteiger partial charge in [0.15, 0.2) is 11.4 Å². The van der Waals surface area contributed by atoms with E-state index in [2.05, 4.69) is 5.32 Å². The fourth-order valence-electron chi connectivity index (χ4n) is 2.59. The van der Waals surface area contributed by atoms with E-state index in [0.29, 0.717) is 16.7 Å². The summed E-state index contributed by atoms with van der Waals surface area (Å²) < 4.78 is 6.48. The van der Waals surface area contributed by atoms with E-state index in [1.54, 1.807) is 25.2 Å². The summed E-state index contributed by atoms with van der Waals surface area (Å²) in [7, 11) is 1.64. The van der Waals surface area contributed by atoms with Gasteiger partial charge >= 0.3 is 5.76 Å². The lowest BCUT2D eigenvalue weighted by atomic mass is 9.91. The number of piperidine rings is 1. The molecule has 100 valence electrons. The van der Waals surface area contributed by atoms with Gasteiger partial charge in [-0.1, -0.05) is 0 Å². The number of hydrogen-bond acceptors (Lipinski definition) is 4. The molecule has 1 aliphatic rings. The van der Waals surface area contributed by atoms with E-state index in [-0.39, 0.29) is 11.7 Å². The Bertz CT molecular complexity index is 678. The number of fused-ring (bicyclic) bond motifs is 1. The Labute approximate surface area is 110 Å². The molecule has 0 aliphatic carbocycles. The first kappa shape index (κ1) is 12.2. The van der Waals surface area contributed by atoms with Gasteiger partial charge in [0.25, 0.3) is 0 Å². The molecule has 1 fully saturated rings. The zero-order chi connectivity index (χ0) is 13.4. The number of carbonyl (C=O) groups is 1. The summed E-state index contributed by atoms with van der Waals surface area (Å²) in [6, 6.07) is 5.18. The molecule has 2 aromatic rings. The Morgan fingerprint density at radius 2 is 2.32 bits per heavy atom. The molecule has 1 aromatic heterocycles. The average Bonchev–Trinajstić information content (AvgIpc) is 2.74. The van der Waals surface area contributed by atoms with Gasteiger partial charge in [0.05, 0.1) is 5.52 Å². The van der Waals surface area contributed by atoms with Crippen LogP contribution in [0.2, 0.25) is 0 Å². The number of benzene rings is 1. The predicted octanol–water partition coefficient (Wildman–Crippen LogP) is 1.31. The zero-order valence-corrected chi connectivity index (χ0v) is 10.8. The van der Waals surface area contributed by atoms with Crippen molar-refractivity contribution >= 4 is 16.9 Å². The molecule has 1 unspecified atom stereocenters. The summed E-state index contributed by atoms with van der Waals surface area (Å²) in [5.41, 5.74) is 1.84. The van der Waals surface area contributed by atoms with Crippen molar-refractivity contribution in [3.8, 4) is 0 Å². The van der Waals surface area contributed by atoms with Gasteiger partial charge in [-0.25, -0.2) is 4.79 Å². The second-order valence-corrected chi connectivity index (χ2v) is 5.02. The van der Waals surface area contributed by atoms with E-state index in [1.165, 1.54) is 4.57 Å². The predicted molar refractivity (Wildman–Crippen MR) is 71.4 cm³/mol. The van der Waals surface area contributed by atoms with Gasteiger partial charge < -0.3 is 9.73 Å². The fourth-order valence-corrected chi connectivity index (χ4v) is 2.59. The van der Waals surface area contributed by atoms with Gasteiger partial charge in [-0.3, -0.25) is 9.36 Å². The van der Waals surface area contributed by atoms with Crippen LogP contribution in [0.5, 0.6) is 0 Å². The minimum absolute atomic E-state index is 0.0372. The topological polar surface area (TPSA) is 64.2 Å². The normalized spacial score (nSPS) is 19.7. The van der Waals surface area contributed by atoms with Crippen molar-refractivity contribution in [3.05, 3.63) is 34.3 Å². The number of rotatable bonds is 2. The molecule has 0 amide bonds. The first-order valence-electron chi connectivity index (χ1n) is 6.51. The summed E-state index contributed by atoms with van der Waals surface area (Å²) in [5.74, 6) is -0.225. The van der Waals surface area contributed by atoms with Gasteiger partial charge in [0, 0.05) is 25.1 Å². The molecule has 1 atom stereocenters. The molecule has 3 rings (SSSR count). The molecule has 1 aliphatic heterocycles. The highest BCUT2D eigenvalue weighted by atomic mass is 16.4. The van der Waals surface area contributed by atoms with Gasteiger partial charge in [0.2, 0.25) is 0 Å². The Morgan fingerprint density at radius 1 is 1.47 bits per heavy atom. The lowest BCUT2D eigenvalue weighted by Gasteiger charge is -2.21. The monoisotopic (exact) mass is 260 g/mol. The number of carbonyl (C=O) groups excluding carboxylic acids is 1. The zero-order valence-electron chi connectivity index (χ0n) is 10.8. The number of hydrogen-bond donors (Lipinski definition) is 1. The lowest BCUT2D eigenvalue weighted by Crippen LogP contribution is -2.34. The third kappa shape index (κ3) is 2.10. The van der Waals surface area contributed by atoms with Crippen LogP contribution in [0.4, 0.5) is 0 Å². The molecule has 19 heavy (non-hydrogen) atoms. The number of ketones is 1. The summed E-state index contributed by atoms with van der Waals surface area (Å²) in [6.07, 6.45) is 1.96. The molecule has 5 nitrogen and oxygen atoms in total. The van der Waals surface area contributed by atoms with Crippen molar-refractivity contribution in [2.75, 3.05) is 13.1 Å². The second kappa shape index (κ2) is 4.66. The molecule has 1 N–H and O–H groups in total. The minimum atomic E-state index is -0.404. The van der Waals surface area contributed by atoms with E-state index < -0.39 is 5.76 Å². The van der Waals surface area contributed by atoms with E-state index in [4.69, 9.17) is 4.42 Å². The summed E-state index contributed by atoms with van der Waals surface area (Å²) >= 11 is 0. The van der Waals surface area contributed by atoms with Gasteiger partial charge in [-0.15, -0.1) is 0 Å². The first-order chi connectivity index (χ1) is 9.16. The number of oxazole rings is 1. The maximum Gasteiger partial charge on any atom is 0.419 e. The summed E-state index contributed by atoms with van der Waals surface area (Å²) in [4.78, 5) is 23.8. The summed E-state index contributed by atoms with van der Waals surface area (Å²) in [5, 5.41) is 3.24. The molecule has 1 aromatic carbocycles. The molecule has 0 saturated carbocycles. The van der Waals surface area contributed by atoms with Crippen LogP contribution in [0, 0.1) is 5.92 Å². The van der Waals surface area contributed by atoms with Crippen molar-refractivity contribution in [1.29, 1.82) is 0 Å². The molecule has 0 spiro atoms. The summed E-state index contributed by atoms with van der Waals surface area (Å²) in [6.45, 7) is 1.72. The van der Waals surface area contributed by atoms with Crippen LogP contribution in [0.15, 0.2) is 27.4 Å². The lowest BCUT2D eigenvalue weighted by molar-refractivity contribution is 0.0900. The van der Waals surface area contributed by atoms with Crippen LogP contribution in [-0.2, 0) is 7.05 Å². The highest BCUT2D eigenvalue weighted by Gasteiger charge is 2.22. The number of aryl methyl sites for hydroxylation is 1. The number of Topliss-reactive ketones (excluding diaryl/α,β-unsaturated/α-hetero) is 1. The Morgan fingerprint density at radius 3 is 3.05 bits per heavy atom. The van der Waals surface area contributed by atoms with Crippen LogP contribution in [-0.4, -0.2) is 23.4 Å². The largest absolute Gasteiger partial charge is 0.419 e. The average molecular weight is 260 g/mol. The van der Waals surface area contributed by atoms with Crippen molar-refractivity contribution in [2.45, 2.75) is 12.8 Å². The van der Waals surface area contributed by atoms with Crippen LogP contribution >= 0.6 is 0 Å². The van der Waals surface area contributed by atoms with E-state index in [0.717, 1.165) is 25.9 Å². The van der Waals surface area contributed by atoms with Crippen molar-refractivity contribution in [2.24, 2.45) is 13.0 Å². The SMILES string of the molecule is Cn1c(=O)oc2ccc(C(=O)C3CCCNC3)cc21. The van der Waals surface area contributed by atoms with Crippen LogP contribution in [0.3, 0.4) is 0 Å². The standard InChI is InChI=1S/C14H16N2O3/c1-16-11-7-9(4-5-12(11)19-14(16)18)13(17)10-3-2-6-15-8-10/h4-5,7,10,15H,2-3,6,8H2,1H3. The number of aromatic nitrogens is 1. The van der Waals surface area contributed by atoms with Gasteiger partial charge in [-0.05, 0) is 37.6 Å². The van der Waals surface area contributed by atoms with Crippen LogP contribution in [0.1, 0.15) is 23.2 Å². The number of nitrogens with zero attached hydrogens (tertiary/aromatic N) is 1. The molecule has 5 heteroatoms. The molecule has 0 bridgehead atoms. The minimum Gasteiger partial charge on any atom is -0.408 e. The van der Waals surface area contributed by atoms with E-state index in [9.17, 15) is 9.59 Å². The quantitative estimate of drug-likeness (QED) is 0.827. The third-order valence-electron chi connectivity index (χ3n) is 3.74. The van der Waals surface area contributed by atoms with Crippen molar-refractivity contribution in [1.82, 2.24) is 9.88 Å². The Hall–Kier alpha value is -1.88. The Kier molecular flexibility index (Phi) is 2.98. The highest BCUT2D eigenvalue weighted by molar-refractivity contribution is 6.00. The third-order valence-corrected chi connectivity index (χ3v) is 3.74. The van der Waals surface area contributed by atoms with Crippen molar-refractivity contribution in [3.63, 3.8) is 0 Å². The van der Waals surface area contributed by atoms with E-state index in [1.807, 2.05) is 0 Å².